The third-order valence-electron chi connectivity index (χ3n) is 20.0. The minimum Gasteiger partial charge on any atom is -0.396 e. The summed E-state index contributed by atoms with van der Waals surface area (Å²) in [5.41, 5.74) is -2.43. The van der Waals surface area contributed by atoms with Crippen molar-refractivity contribution in [3.63, 3.8) is 0 Å². The first-order chi connectivity index (χ1) is 30.9. The van der Waals surface area contributed by atoms with Gasteiger partial charge >= 0.3 is 0 Å². The summed E-state index contributed by atoms with van der Waals surface area (Å²) in [7, 11) is 0. The van der Waals surface area contributed by atoms with Gasteiger partial charge in [0.25, 0.3) is 0 Å². The van der Waals surface area contributed by atoms with Gasteiger partial charge in [0.05, 0.1) is 50.3 Å². The van der Waals surface area contributed by atoms with Crippen LogP contribution in [0.4, 0.5) is 0 Å². The summed E-state index contributed by atoms with van der Waals surface area (Å²) in [6, 6.07) is 0. The number of rotatable bonds is 9. The number of hydrogen-bond donors (Lipinski definition) is 11. The van der Waals surface area contributed by atoms with Crippen LogP contribution < -0.4 is 0 Å². The van der Waals surface area contributed by atoms with Crippen molar-refractivity contribution in [2.24, 2.45) is 50.2 Å². The Kier molecular flexibility index (Phi) is 12.9. The van der Waals surface area contributed by atoms with Gasteiger partial charge < -0.3 is 89.3 Å². The van der Waals surface area contributed by atoms with Crippen LogP contribution in [0.5, 0.6) is 0 Å². The average molecular weight is 943 g/mol. The Morgan fingerprint density at radius 3 is 1.98 bits per heavy atom. The maximum Gasteiger partial charge on any atom is 0.187 e. The number of aliphatic hydroxyl groups is 11. The zero-order valence-electron chi connectivity index (χ0n) is 39.5. The Balaban J connectivity index is 0.972. The number of allylic oxidation sites excluding steroid dienone is 1. The molecule has 66 heavy (non-hydrogen) atoms. The second kappa shape index (κ2) is 17.1. The highest BCUT2D eigenvalue weighted by molar-refractivity contribution is 5.36. The van der Waals surface area contributed by atoms with Crippen molar-refractivity contribution in [1.82, 2.24) is 0 Å². The lowest BCUT2D eigenvalue weighted by molar-refractivity contribution is -0.375. The summed E-state index contributed by atoms with van der Waals surface area (Å²) in [5.74, 6) is 0.207. The van der Waals surface area contributed by atoms with Gasteiger partial charge in [-0.05, 0) is 86.4 Å². The third kappa shape index (κ3) is 7.08. The van der Waals surface area contributed by atoms with E-state index in [0.29, 0.717) is 25.9 Å². The van der Waals surface area contributed by atoms with E-state index >= 15 is 0 Å². The number of aliphatic hydroxyl groups excluding tert-OH is 11. The van der Waals surface area contributed by atoms with Crippen molar-refractivity contribution in [1.29, 1.82) is 0 Å². The fourth-order valence-corrected chi connectivity index (χ4v) is 15.7. The smallest absolute Gasteiger partial charge is 0.187 e. The highest BCUT2D eigenvalue weighted by atomic mass is 16.8. The molecule has 2 bridgehead atoms. The van der Waals surface area contributed by atoms with Crippen LogP contribution in [-0.2, 0) is 33.2 Å². The molecule has 0 aromatic rings. The summed E-state index contributed by atoms with van der Waals surface area (Å²) in [6.07, 6.45) is -13.6. The molecule has 9 rings (SSSR count). The lowest BCUT2D eigenvalue weighted by Gasteiger charge is -2.73. The van der Waals surface area contributed by atoms with Crippen LogP contribution in [0.1, 0.15) is 99.8 Å². The van der Waals surface area contributed by atoms with Crippen molar-refractivity contribution in [2.45, 2.75) is 210 Å². The highest BCUT2D eigenvalue weighted by Crippen LogP contribution is 2.79. The van der Waals surface area contributed by atoms with Crippen molar-refractivity contribution < 1.29 is 89.3 Å². The van der Waals surface area contributed by atoms with Gasteiger partial charge in [-0.3, -0.25) is 0 Å². The molecule has 0 aromatic heterocycles. The van der Waals surface area contributed by atoms with Crippen LogP contribution in [0.25, 0.3) is 0 Å². The molecule has 1 spiro atoms. The molecule has 5 aliphatic carbocycles. The van der Waals surface area contributed by atoms with E-state index in [1.165, 1.54) is 6.92 Å². The second-order valence-electron chi connectivity index (χ2n) is 23.8. The molecule has 0 amide bonds. The topological polar surface area (TPSA) is 287 Å². The molecule has 18 nitrogen and oxygen atoms in total. The molecule has 18 heteroatoms. The molecule has 26 atom stereocenters. The van der Waals surface area contributed by atoms with E-state index < -0.39 is 129 Å². The van der Waals surface area contributed by atoms with E-state index in [0.717, 1.165) is 32.1 Å². The zero-order valence-corrected chi connectivity index (χ0v) is 39.5. The lowest BCUT2D eigenvalue weighted by Crippen LogP contribution is -2.72. The quantitative estimate of drug-likeness (QED) is 0.104. The third-order valence-corrected chi connectivity index (χ3v) is 20.0. The second-order valence-corrected chi connectivity index (χ2v) is 23.8. The normalized spacial score (nSPS) is 58.8. The van der Waals surface area contributed by atoms with Crippen LogP contribution in [0, 0.1) is 50.2 Å². The first kappa shape index (κ1) is 50.0. The van der Waals surface area contributed by atoms with E-state index in [1.807, 2.05) is 6.92 Å². The largest absolute Gasteiger partial charge is 0.396 e. The standard InChI is InChI=1S/C48H78O18/c1-22-30(52)32(54)36(58)40(62-22)66-38-24(19-60-39-35(57)33(55)31(53)23(18-49)63-39)64-41(37(59)34(38)56)65-29-10-11-43(4)25(44(29,5)20-50)8-12-45(6)26(43)9-13-48-27-16-42(2,3)14-15-47(27,21-61-48)28(51)17-46(45,48)7/h9,13,22-41,49-59H,8,10-12,14-21H2,1-7H3. The van der Waals surface area contributed by atoms with Crippen LogP contribution in [0.2, 0.25) is 0 Å². The molecule has 8 fully saturated rings. The minimum atomic E-state index is -1.80. The maximum atomic E-state index is 12.2. The van der Waals surface area contributed by atoms with Gasteiger partial charge in [0.1, 0.15) is 67.1 Å². The maximum absolute atomic E-state index is 12.2. The number of ether oxygens (including phenoxy) is 7. The van der Waals surface area contributed by atoms with Crippen molar-refractivity contribution in [3.8, 4) is 0 Å². The Morgan fingerprint density at radius 1 is 0.636 bits per heavy atom. The first-order valence-corrected chi connectivity index (χ1v) is 24.5. The van der Waals surface area contributed by atoms with E-state index in [4.69, 9.17) is 33.2 Å². The van der Waals surface area contributed by atoms with Crippen LogP contribution in [0.15, 0.2) is 12.2 Å². The predicted octanol–water partition coefficient (Wildman–Crippen LogP) is -0.399. The monoisotopic (exact) mass is 943 g/mol. The van der Waals surface area contributed by atoms with Gasteiger partial charge in [-0.15, -0.1) is 0 Å². The molecule has 4 saturated heterocycles. The summed E-state index contributed by atoms with van der Waals surface area (Å²) >= 11 is 0. The van der Waals surface area contributed by atoms with E-state index in [1.54, 1.807) is 0 Å². The molecular formula is C48H78O18. The molecular weight excluding hydrogens is 865 g/mol. The number of hydrogen-bond acceptors (Lipinski definition) is 18. The number of fused-ring (bicyclic) bond motifs is 4. The van der Waals surface area contributed by atoms with E-state index in [9.17, 15) is 56.2 Å². The molecule has 26 unspecified atom stereocenters. The molecule has 11 N–H and O–H groups in total. The fourth-order valence-electron chi connectivity index (χ4n) is 15.7. The Labute approximate surface area is 387 Å². The molecule has 0 radical (unpaired) electrons. The predicted molar refractivity (Wildman–Crippen MR) is 229 cm³/mol. The fraction of sp³-hybridized carbons (Fsp3) is 0.958. The Morgan fingerprint density at radius 2 is 1.29 bits per heavy atom. The zero-order chi connectivity index (χ0) is 47.9. The first-order valence-electron chi connectivity index (χ1n) is 24.5. The minimum absolute atomic E-state index is 0.0689. The van der Waals surface area contributed by atoms with Gasteiger partial charge in [-0.1, -0.05) is 53.7 Å². The van der Waals surface area contributed by atoms with Crippen LogP contribution in [-0.4, -0.2) is 193 Å². The SMILES string of the molecule is CC1OC(OC2C(COC3OC(CO)C(O)C(O)C3O)OC(OC3CCC4(C)C(CCC5(C)C4C=CC46OCC7(CCC(C)(C)CC74)C(O)CC56C)C3(C)CO)C(O)C2O)C(O)C(O)C1O. The molecule has 378 valence electrons. The summed E-state index contributed by atoms with van der Waals surface area (Å²) in [6.45, 7) is 14.3. The van der Waals surface area contributed by atoms with E-state index in [-0.39, 0.29) is 51.4 Å². The lowest BCUT2D eigenvalue weighted by atomic mass is 9.32. The van der Waals surface area contributed by atoms with Crippen molar-refractivity contribution in [2.75, 3.05) is 26.4 Å². The van der Waals surface area contributed by atoms with Gasteiger partial charge in [0, 0.05) is 22.2 Å². The van der Waals surface area contributed by atoms with Gasteiger partial charge in [0.15, 0.2) is 18.9 Å². The molecule has 0 aromatic carbocycles. The highest BCUT2D eigenvalue weighted by Gasteiger charge is 2.79. The molecule has 4 saturated carbocycles. The van der Waals surface area contributed by atoms with Crippen LogP contribution in [0.3, 0.4) is 0 Å². The van der Waals surface area contributed by atoms with Gasteiger partial charge in [0.2, 0.25) is 0 Å². The van der Waals surface area contributed by atoms with Gasteiger partial charge in [-0.2, -0.15) is 0 Å². The Bertz CT molecular complexity index is 1800. The summed E-state index contributed by atoms with van der Waals surface area (Å²) in [4.78, 5) is 0. The molecule has 9 aliphatic rings. The summed E-state index contributed by atoms with van der Waals surface area (Å²) < 4.78 is 43.3. The molecule has 4 heterocycles. The molecule has 4 aliphatic heterocycles. The Hall–Kier alpha value is -0.980. The average Bonchev–Trinajstić information content (AvgIpc) is 3.55. The van der Waals surface area contributed by atoms with Crippen molar-refractivity contribution >= 4 is 0 Å². The van der Waals surface area contributed by atoms with Gasteiger partial charge in [-0.25, -0.2) is 0 Å². The summed E-state index contributed by atoms with van der Waals surface area (Å²) in [5, 5.41) is 120. The van der Waals surface area contributed by atoms with Crippen LogP contribution >= 0.6 is 0 Å². The van der Waals surface area contributed by atoms with Crippen molar-refractivity contribution in [3.05, 3.63) is 12.2 Å². The van der Waals surface area contributed by atoms with E-state index in [2.05, 4.69) is 46.8 Å².